The molecule has 0 bridgehead atoms. The Morgan fingerprint density at radius 2 is 1.83 bits per heavy atom. The molecule has 0 aliphatic carbocycles. The molecule has 23 heavy (non-hydrogen) atoms. The molecule has 0 aromatic heterocycles. The summed E-state index contributed by atoms with van der Waals surface area (Å²) >= 11 is 6.81. The topological polar surface area (TPSA) is 20.3 Å². The van der Waals surface area contributed by atoms with Gasteiger partial charge in [0.25, 0.3) is 5.91 Å². The summed E-state index contributed by atoms with van der Waals surface area (Å²) in [5.74, 6) is -0.0403. The van der Waals surface area contributed by atoms with Gasteiger partial charge < -0.3 is 0 Å². The molecule has 2 aromatic carbocycles. The monoisotopic (exact) mass is 339 g/mol. The van der Waals surface area contributed by atoms with Crippen molar-refractivity contribution in [1.29, 1.82) is 0 Å². The Labute approximate surface area is 146 Å². The molecule has 1 amide bonds. The number of carbonyl (C=O) groups excluding carboxylic acids is 1. The number of amides is 1. The lowest BCUT2D eigenvalue weighted by molar-refractivity contribution is -0.113. The van der Waals surface area contributed by atoms with Gasteiger partial charge in [-0.3, -0.25) is 9.69 Å². The first-order valence-electron chi connectivity index (χ1n) is 7.52. The molecule has 0 unspecified atom stereocenters. The number of para-hydroxylation sites is 1. The molecule has 1 saturated heterocycles. The van der Waals surface area contributed by atoms with Gasteiger partial charge in [0.1, 0.15) is 0 Å². The van der Waals surface area contributed by atoms with Crippen molar-refractivity contribution in [2.45, 2.75) is 20.3 Å². The molecule has 1 fully saturated rings. The lowest BCUT2D eigenvalue weighted by atomic mass is 10.1. The minimum Gasteiger partial charge on any atom is -0.268 e. The molecule has 1 heterocycles. The highest BCUT2D eigenvalue weighted by Gasteiger charge is 2.34. The molecular formula is C19H17NOS2. The lowest BCUT2D eigenvalue weighted by Gasteiger charge is -2.18. The van der Waals surface area contributed by atoms with Crippen molar-refractivity contribution in [1.82, 2.24) is 0 Å². The number of hydrogen-bond donors (Lipinski definition) is 0. The second kappa shape index (κ2) is 6.69. The minimum atomic E-state index is -0.0403. The number of aryl methyl sites for hydroxylation is 2. The quantitative estimate of drug-likeness (QED) is 0.582. The SMILES string of the molecule is CCc1ccccc1N1C(=O)/C(=C/c2ccc(C)cc2)SC1=S. The van der Waals surface area contributed by atoms with E-state index < -0.39 is 0 Å². The minimum absolute atomic E-state index is 0.0403. The Kier molecular flexibility index (Phi) is 4.64. The molecule has 1 aliphatic rings. The molecule has 116 valence electrons. The van der Waals surface area contributed by atoms with Gasteiger partial charge in [0, 0.05) is 0 Å². The third kappa shape index (κ3) is 3.23. The zero-order valence-electron chi connectivity index (χ0n) is 13.1. The van der Waals surface area contributed by atoms with Gasteiger partial charge >= 0.3 is 0 Å². The number of thiocarbonyl (C=S) groups is 1. The van der Waals surface area contributed by atoms with Gasteiger partial charge in [-0.2, -0.15) is 0 Å². The molecule has 1 aliphatic heterocycles. The van der Waals surface area contributed by atoms with Crippen LogP contribution in [0.25, 0.3) is 6.08 Å². The maximum atomic E-state index is 12.8. The van der Waals surface area contributed by atoms with E-state index in [0.29, 0.717) is 9.23 Å². The third-order valence-electron chi connectivity index (χ3n) is 3.78. The molecular weight excluding hydrogens is 322 g/mol. The molecule has 2 nitrogen and oxygen atoms in total. The Morgan fingerprint density at radius 3 is 2.52 bits per heavy atom. The maximum absolute atomic E-state index is 12.8. The fourth-order valence-corrected chi connectivity index (χ4v) is 3.80. The van der Waals surface area contributed by atoms with Gasteiger partial charge in [-0.25, -0.2) is 0 Å². The Hall–Kier alpha value is -1.91. The van der Waals surface area contributed by atoms with Crippen LogP contribution in [0.4, 0.5) is 5.69 Å². The average molecular weight is 339 g/mol. The first-order valence-corrected chi connectivity index (χ1v) is 8.75. The number of rotatable bonds is 3. The van der Waals surface area contributed by atoms with Crippen molar-refractivity contribution in [3.05, 3.63) is 70.1 Å². The van der Waals surface area contributed by atoms with E-state index in [1.165, 1.54) is 17.3 Å². The second-order valence-corrected chi connectivity index (χ2v) is 7.09. The molecule has 2 aromatic rings. The van der Waals surface area contributed by atoms with Gasteiger partial charge in [-0.05, 0) is 36.6 Å². The van der Waals surface area contributed by atoms with Gasteiger partial charge in [0.15, 0.2) is 4.32 Å². The van der Waals surface area contributed by atoms with E-state index in [9.17, 15) is 4.79 Å². The standard InChI is InChI=1S/C19H17NOS2/c1-3-15-6-4-5-7-16(15)20-18(21)17(23-19(20)22)12-14-10-8-13(2)9-11-14/h4-12H,3H2,1-2H3/b17-12-. The van der Waals surface area contributed by atoms with Crippen LogP contribution in [-0.2, 0) is 11.2 Å². The molecule has 0 atom stereocenters. The maximum Gasteiger partial charge on any atom is 0.270 e. The number of carbonyl (C=O) groups is 1. The highest BCUT2D eigenvalue weighted by Crippen LogP contribution is 2.37. The van der Waals surface area contributed by atoms with Gasteiger partial charge in [-0.15, -0.1) is 0 Å². The largest absolute Gasteiger partial charge is 0.270 e. The molecule has 4 heteroatoms. The number of benzene rings is 2. The summed E-state index contributed by atoms with van der Waals surface area (Å²) in [5.41, 5.74) is 4.23. The second-order valence-electron chi connectivity index (χ2n) is 5.41. The number of thioether (sulfide) groups is 1. The van der Waals surface area contributed by atoms with Crippen LogP contribution in [0.2, 0.25) is 0 Å². The van der Waals surface area contributed by atoms with E-state index in [1.54, 1.807) is 4.90 Å². The number of hydrogen-bond acceptors (Lipinski definition) is 3. The van der Waals surface area contributed by atoms with E-state index >= 15 is 0 Å². The zero-order valence-corrected chi connectivity index (χ0v) is 14.7. The lowest BCUT2D eigenvalue weighted by Crippen LogP contribution is -2.28. The van der Waals surface area contributed by atoms with E-state index in [0.717, 1.165) is 23.2 Å². The van der Waals surface area contributed by atoms with Crippen LogP contribution in [0.5, 0.6) is 0 Å². The Morgan fingerprint density at radius 1 is 1.13 bits per heavy atom. The summed E-state index contributed by atoms with van der Waals surface area (Å²) in [4.78, 5) is 15.1. The average Bonchev–Trinajstić information content (AvgIpc) is 2.83. The smallest absolute Gasteiger partial charge is 0.268 e. The van der Waals surface area contributed by atoms with Crippen LogP contribution in [0.3, 0.4) is 0 Å². The normalized spacial score (nSPS) is 16.4. The zero-order chi connectivity index (χ0) is 16.4. The van der Waals surface area contributed by atoms with Gasteiger partial charge in [0.05, 0.1) is 10.6 Å². The van der Waals surface area contributed by atoms with E-state index in [2.05, 4.69) is 6.92 Å². The summed E-state index contributed by atoms with van der Waals surface area (Å²) < 4.78 is 0.592. The summed E-state index contributed by atoms with van der Waals surface area (Å²) in [6.45, 7) is 4.13. The van der Waals surface area contributed by atoms with Crippen molar-refractivity contribution >= 4 is 46.0 Å². The summed E-state index contributed by atoms with van der Waals surface area (Å²) in [6.07, 6.45) is 2.78. The van der Waals surface area contributed by atoms with Crippen molar-refractivity contribution < 1.29 is 4.79 Å². The van der Waals surface area contributed by atoms with Crippen LogP contribution in [-0.4, -0.2) is 10.2 Å². The van der Waals surface area contributed by atoms with Crippen molar-refractivity contribution in [3.63, 3.8) is 0 Å². The Balaban J connectivity index is 1.95. The molecule has 0 saturated carbocycles. The molecule has 3 rings (SSSR count). The summed E-state index contributed by atoms with van der Waals surface area (Å²) in [7, 11) is 0. The summed E-state index contributed by atoms with van der Waals surface area (Å²) in [6, 6.07) is 16.0. The fourth-order valence-electron chi connectivity index (χ4n) is 2.52. The highest BCUT2D eigenvalue weighted by molar-refractivity contribution is 8.27. The van der Waals surface area contributed by atoms with Crippen LogP contribution in [0, 0.1) is 6.92 Å². The van der Waals surface area contributed by atoms with Crippen molar-refractivity contribution in [3.8, 4) is 0 Å². The van der Waals surface area contributed by atoms with E-state index in [1.807, 2.05) is 61.5 Å². The number of nitrogens with zero attached hydrogens (tertiary/aromatic N) is 1. The number of anilines is 1. The summed E-state index contributed by atoms with van der Waals surface area (Å²) in [5, 5.41) is 0. The molecule has 0 radical (unpaired) electrons. The van der Waals surface area contributed by atoms with E-state index in [-0.39, 0.29) is 5.91 Å². The molecule has 0 N–H and O–H groups in total. The van der Waals surface area contributed by atoms with Crippen LogP contribution < -0.4 is 4.90 Å². The Bertz CT molecular complexity index is 793. The van der Waals surface area contributed by atoms with Crippen LogP contribution >= 0.6 is 24.0 Å². The predicted molar refractivity (Wildman–Crippen MR) is 103 cm³/mol. The van der Waals surface area contributed by atoms with E-state index in [4.69, 9.17) is 12.2 Å². The third-order valence-corrected chi connectivity index (χ3v) is 5.08. The highest BCUT2D eigenvalue weighted by atomic mass is 32.2. The molecule has 0 spiro atoms. The fraction of sp³-hybridized carbons (Fsp3) is 0.158. The van der Waals surface area contributed by atoms with Crippen molar-refractivity contribution in [2.24, 2.45) is 0 Å². The first-order chi connectivity index (χ1) is 11.1. The predicted octanol–water partition coefficient (Wildman–Crippen LogP) is 4.96. The van der Waals surface area contributed by atoms with Crippen LogP contribution in [0.15, 0.2) is 53.4 Å². The first kappa shape index (κ1) is 16.0. The van der Waals surface area contributed by atoms with Gasteiger partial charge in [-0.1, -0.05) is 78.9 Å². The van der Waals surface area contributed by atoms with Crippen LogP contribution in [0.1, 0.15) is 23.6 Å². The van der Waals surface area contributed by atoms with Gasteiger partial charge in [0.2, 0.25) is 0 Å². The van der Waals surface area contributed by atoms with Crippen molar-refractivity contribution in [2.75, 3.05) is 4.90 Å².